The zero-order valence-corrected chi connectivity index (χ0v) is 11.1. The quantitative estimate of drug-likeness (QED) is 0.628. The van der Waals surface area contributed by atoms with E-state index < -0.39 is 6.10 Å². The van der Waals surface area contributed by atoms with Gasteiger partial charge in [-0.3, -0.25) is 0 Å². The van der Waals surface area contributed by atoms with E-state index in [4.69, 9.17) is 19.7 Å². The summed E-state index contributed by atoms with van der Waals surface area (Å²) in [4.78, 5) is 0. The maximum atomic E-state index is 8.69. The first-order valence-electron chi connectivity index (χ1n) is 6.06. The first-order valence-corrected chi connectivity index (χ1v) is 6.06. The molecule has 0 fully saturated rings. The van der Waals surface area contributed by atoms with E-state index in [9.17, 15) is 0 Å². The average molecular weight is 236 g/mol. The van der Waals surface area contributed by atoms with E-state index in [2.05, 4.69) is 6.92 Å². The molecule has 0 spiro atoms. The molecular formula is C12H28O4. The summed E-state index contributed by atoms with van der Waals surface area (Å²) in [6, 6.07) is 0. The van der Waals surface area contributed by atoms with Crippen molar-refractivity contribution in [3.63, 3.8) is 0 Å². The van der Waals surface area contributed by atoms with E-state index in [-0.39, 0.29) is 12.7 Å². The van der Waals surface area contributed by atoms with E-state index >= 15 is 0 Å². The van der Waals surface area contributed by atoms with Crippen LogP contribution in [0.2, 0.25) is 0 Å². The fourth-order valence-electron chi connectivity index (χ4n) is 0.747. The summed E-state index contributed by atoms with van der Waals surface area (Å²) in [5.41, 5.74) is 0. The number of hydrogen-bond acceptors (Lipinski definition) is 4. The van der Waals surface area contributed by atoms with E-state index in [1.807, 2.05) is 6.92 Å². The molecule has 0 aliphatic rings. The highest BCUT2D eigenvalue weighted by atomic mass is 16.5. The molecule has 0 aliphatic carbocycles. The molecule has 0 radical (unpaired) electrons. The van der Waals surface area contributed by atoms with Crippen LogP contribution < -0.4 is 0 Å². The van der Waals surface area contributed by atoms with Gasteiger partial charge in [0, 0.05) is 13.2 Å². The summed E-state index contributed by atoms with van der Waals surface area (Å²) in [6.07, 6.45) is 1.83. The van der Waals surface area contributed by atoms with Crippen molar-refractivity contribution in [2.24, 2.45) is 0 Å². The second kappa shape index (κ2) is 14.8. The highest BCUT2D eigenvalue weighted by Crippen LogP contribution is 1.90. The number of aliphatic hydroxyl groups is 2. The molecule has 0 aliphatic heterocycles. The van der Waals surface area contributed by atoms with Crippen molar-refractivity contribution in [1.82, 2.24) is 0 Å². The zero-order chi connectivity index (χ0) is 12.8. The van der Waals surface area contributed by atoms with Crippen LogP contribution in [0.1, 0.15) is 40.5 Å². The van der Waals surface area contributed by atoms with Gasteiger partial charge in [0.15, 0.2) is 0 Å². The summed E-state index contributed by atoms with van der Waals surface area (Å²) in [5.74, 6) is 0. The second-order valence-electron chi connectivity index (χ2n) is 3.73. The summed E-state index contributed by atoms with van der Waals surface area (Å²) < 4.78 is 10.0. The van der Waals surface area contributed by atoms with Crippen molar-refractivity contribution in [2.45, 2.75) is 52.7 Å². The first-order chi connectivity index (χ1) is 7.58. The topological polar surface area (TPSA) is 58.9 Å². The van der Waals surface area contributed by atoms with Crippen molar-refractivity contribution in [3.05, 3.63) is 0 Å². The molecule has 0 rings (SSSR count). The van der Waals surface area contributed by atoms with Gasteiger partial charge in [-0.25, -0.2) is 0 Å². The van der Waals surface area contributed by atoms with Crippen LogP contribution in [-0.2, 0) is 9.47 Å². The third-order valence-corrected chi connectivity index (χ3v) is 1.73. The Bertz CT molecular complexity index is 114. The highest BCUT2D eigenvalue weighted by molar-refractivity contribution is 4.47. The normalized spacial score (nSPS) is 13.9. The van der Waals surface area contributed by atoms with Gasteiger partial charge in [-0.05, 0) is 27.2 Å². The second-order valence-corrected chi connectivity index (χ2v) is 3.73. The Labute approximate surface area is 99.6 Å². The van der Waals surface area contributed by atoms with Crippen LogP contribution in [0.5, 0.6) is 0 Å². The Morgan fingerprint density at radius 2 is 1.81 bits per heavy atom. The molecule has 2 atom stereocenters. The van der Waals surface area contributed by atoms with Gasteiger partial charge >= 0.3 is 0 Å². The fourth-order valence-corrected chi connectivity index (χ4v) is 0.747. The Morgan fingerprint density at radius 1 is 1.19 bits per heavy atom. The van der Waals surface area contributed by atoms with E-state index in [1.165, 1.54) is 12.8 Å². The molecule has 0 saturated heterocycles. The third-order valence-electron chi connectivity index (χ3n) is 1.73. The molecular weight excluding hydrogens is 208 g/mol. The number of unbranched alkanes of at least 4 members (excludes halogenated alkanes) is 1. The molecule has 2 unspecified atom stereocenters. The van der Waals surface area contributed by atoms with Gasteiger partial charge in [0.25, 0.3) is 0 Å². The van der Waals surface area contributed by atoms with Crippen molar-refractivity contribution in [1.29, 1.82) is 0 Å². The van der Waals surface area contributed by atoms with Gasteiger partial charge in [-0.2, -0.15) is 0 Å². The van der Waals surface area contributed by atoms with Gasteiger partial charge in [0.1, 0.15) is 0 Å². The maximum Gasteiger partial charge on any atom is 0.0779 e. The van der Waals surface area contributed by atoms with Crippen LogP contribution in [-0.4, -0.2) is 48.8 Å². The lowest BCUT2D eigenvalue weighted by Gasteiger charge is -2.10. The number of hydrogen-bond donors (Lipinski definition) is 2. The van der Waals surface area contributed by atoms with E-state index in [0.717, 1.165) is 13.2 Å². The summed E-state index contributed by atoms with van der Waals surface area (Å²) in [5, 5.41) is 17.1. The number of ether oxygens (including phenoxy) is 2. The Balaban J connectivity index is 0. The van der Waals surface area contributed by atoms with Crippen molar-refractivity contribution < 1.29 is 19.7 Å². The van der Waals surface area contributed by atoms with Crippen LogP contribution >= 0.6 is 0 Å². The third kappa shape index (κ3) is 19.4. The van der Waals surface area contributed by atoms with E-state index in [0.29, 0.717) is 6.61 Å². The molecule has 0 heterocycles. The Kier molecular flexibility index (Phi) is 16.9. The van der Waals surface area contributed by atoms with Crippen molar-refractivity contribution in [2.75, 3.05) is 26.4 Å². The molecule has 0 aromatic rings. The molecule has 100 valence electrons. The predicted octanol–water partition coefficient (Wildman–Crippen LogP) is 1.59. The van der Waals surface area contributed by atoms with Gasteiger partial charge in [-0.1, -0.05) is 13.3 Å². The molecule has 0 aromatic carbocycles. The van der Waals surface area contributed by atoms with Gasteiger partial charge in [0.2, 0.25) is 0 Å². The average Bonchev–Trinajstić information content (AvgIpc) is 2.27. The number of rotatable bonds is 8. The van der Waals surface area contributed by atoms with Crippen LogP contribution in [0.3, 0.4) is 0 Å². The molecule has 4 nitrogen and oxygen atoms in total. The van der Waals surface area contributed by atoms with Crippen molar-refractivity contribution in [3.8, 4) is 0 Å². The van der Waals surface area contributed by atoms with Crippen LogP contribution in [0.25, 0.3) is 0 Å². The lowest BCUT2D eigenvalue weighted by molar-refractivity contribution is -0.0177. The SMILES string of the molecule is CC(O)COC(C)CO.CCCCOCC. The summed E-state index contributed by atoms with van der Waals surface area (Å²) in [7, 11) is 0. The lowest BCUT2D eigenvalue weighted by atomic mass is 10.4. The largest absolute Gasteiger partial charge is 0.394 e. The minimum Gasteiger partial charge on any atom is -0.394 e. The fraction of sp³-hybridized carbons (Fsp3) is 1.00. The van der Waals surface area contributed by atoms with Crippen LogP contribution in [0, 0.1) is 0 Å². The Hall–Kier alpha value is -0.160. The monoisotopic (exact) mass is 236 g/mol. The molecule has 0 aromatic heterocycles. The molecule has 0 saturated carbocycles. The van der Waals surface area contributed by atoms with Gasteiger partial charge in [-0.15, -0.1) is 0 Å². The summed E-state index contributed by atoms with van der Waals surface area (Å²) >= 11 is 0. The highest BCUT2D eigenvalue weighted by Gasteiger charge is 2.00. The van der Waals surface area contributed by atoms with Gasteiger partial charge < -0.3 is 19.7 Å². The maximum absolute atomic E-state index is 8.69. The summed E-state index contributed by atoms with van der Waals surface area (Å²) in [6.45, 7) is 9.68. The smallest absolute Gasteiger partial charge is 0.0779 e. The number of aliphatic hydroxyl groups excluding tert-OH is 2. The molecule has 16 heavy (non-hydrogen) atoms. The minimum atomic E-state index is -0.445. The molecule has 2 N–H and O–H groups in total. The van der Waals surface area contributed by atoms with E-state index in [1.54, 1.807) is 13.8 Å². The zero-order valence-electron chi connectivity index (χ0n) is 11.1. The Morgan fingerprint density at radius 3 is 2.19 bits per heavy atom. The van der Waals surface area contributed by atoms with Gasteiger partial charge in [0.05, 0.1) is 25.4 Å². The molecule has 4 heteroatoms. The standard InChI is InChI=1S/C6H14O3.C6H14O/c1-5(8)4-9-6(2)3-7;1-3-5-6-7-4-2/h5-8H,3-4H2,1-2H3;3-6H2,1-2H3. The molecule has 0 bridgehead atoms. The first kappa shape index (κ1) is 18.2. The van der Waals surface area contributed by atoms with Crippen molar-refractivity contribution >= 4 is 0 Å². The molecule has 0 amide bonds. The lowest BCUT2D eigenvalue weighted by Crippen LogP contribution is -2.19. The predicted molar refractivity (Wildman–Crippen MR) is 65.6 cm³/mol. The minimum absolute atomic E-state index is 0.00667. The van der Waals surface area contributed by atoms with Crippen LogP contribution in [0.15, 0.2) is 0 Å². The van der Waals surface area contributed by atoms with Crippen LogP contribution in [0.4, 0.5) is 0 Å².